The van der Waals surface area contributed by atoms with Crippen LogP contribution in [0, 0.1) is 6.92 Å². The Bertz CT molecular complexity index is 482. The van der Waals surface area contributed by atoms with E-state index in [1.165, 1.54) is 0 Å². The van der Waals surface area contributed by atoms with Gasteiger partial charge in [-0.1, -0.05) is 15.9 Å². The van der Waals surface area contributed by atoms with Crippen LogP contribution >= 0.6 is 15.9 Å². The Kier molecular flexibility index (Phi) is 5.18. The molecule has 0 spiro atoms. The number of aryl methyl sites for hydroxylation is 1. The Balaban J connectivity index is 1.90. The summed E-state index contributed by atoms with van der Waals surface area (Å²) in [5.74, 6) is 0.0491. The molecule has 5 heteroatoms. The monoisotopic (exact) mass is 339 g/mol. The Morgan fingerprint density at radius 3 is 2.65 bits per heavy atom. The standard InChI is InChI=1S/C15H22BrN3O/c1-10-6-13(4-5-14(10)16)18-15(20)9-19-7-11(2)17-12(3)8-19/h4-6,11-12,17H,7-9H2,1-3H3,(H,18,20). The Morgan fingerprint density at radius 1 is 1.40 bits per heavy atom. The minimum absolute atomic E-state index is 0.0491. The first-order valence-electron chi connectivity index (χ1n) is 6.98. The van der Waals surface area contributed by atoms with Crippen LogP contribution in [-0.4, -0.2) is 42.5 Å². The fourth-order valence-electron chi connectivity index (χ4n) is 2.70. The van der Waals surface area contributed by atoms with Gasteiger partial charge in [-0.25, -0.2) is 0 Å². The number of rotatable bonds is 3. The largest absolute Gasteiger partial charge is 0.325 e. The molecule has 2 rings (SSSR count). The maximum Gasteiger partial charge on any atom is 0.238 e. The Labute approximate surface area is 129 Å². The SMILES string of the molecule is Cc1cc(NC(=O)CN2CC(C)NC(C)C2)ccc1Br. The summed E-state index contributed by atoms with van der Waals surface area (Å²) in [4.78, 5) is 14.3. The maximum atomic E-state index is 12.1. The highest BCUT2D eigenvalue weighted by atomic mass is 79.9. The van der Waals surface area contributed by atoms with Crippen LogP contribution < -0.4 is 10.6 Å². The first-order valence-corrected chi connectivity index (χ1v) is 7.77. The molecule has 20 heavy (non-hydrogen) atoms. The minimum Gasteiger partial charge on any atom is -0.325 e. The number of hydrogen-bond acceptors (Lipinski definition) is 3. The van der Waals surface area contributed by atoms with E-state index in [1.807, 2.05) is 25.1 Å². The third kappa shape index (κ3) is 4.30. The molecule has 1 saturated heterocycles. The minimum atomic E-state index is 0.0491. The lowest BCUT2D eigenvalue weighted by atomic mass is 10.1. The van der Waals surface area contributed by atoms with Crippen LogP contribution in [-0.2, 0) is 4.79 Å². The molecule has 4 nitrogen and oxygen atoms in total. The van der Waals surface area contributed by atoms with Crippen molar-refractivity contribution in [2.75, 3.05) is 25.0 Å². The molecule has 1 amide bonds. The van der Waals surface area contributed by atoms with Crippen molar-refractivity contribution in [1.82, 2.24) is 10.2 Å². The number of halogens is 1. The number of nitrogens with one attached hydrogen (secondary N) is 2. The predicted octanol–water partition coefficient (Wildman–Crippen LogP) is 2.38. The van der Waals surface area contributed by atoms with Crippen LogP contribution in [0.4, 0.5) is 5.69 Å². The number of piperazine rings is 1. The Hall–Kier alpha value is -0.910. The zero-order chi connectivity index (χ0) is 14.7. The molecule has 1 heterocycles. The zero-order valence-corrected chi connectivity index (χ0v) is 13.8. The lowest BCUT2D eigenvalue weighted by Crippen LogP contribution is -2.55. The molecular weight excluding hydrogens is 318 g/mol. The number of nitrogens with zero attached hydrogens (tertiary/aromatic N) is 1. The number of anilines is 1. The second-order valence-electron chi connectivity index (χ2n) is 5.67. The Morgan fingerprint density at radius 2 is 2.05 bits per heavy atom. The summed E-state index contributed by atoms with van der Waals surface area (Å²) in [7, 11) is 0. The van der Waals surface area contributed by atoms with Crippen LogP contribution in [0.3, 0.4) is 0 Å². The van der Waals surface area contributed by atoms with E-state index in [1.54, 1.807) is 0 Å². The molecule has 1 aliphatic rings. The van der Waals surface area contributed by atoms with E-state index in [4.69, 9.17) is 0 Å². The highest BCUT2D eigenvalue weighted by Crippen LogP contribution is 2.20. The summed E-state index contributed by atoms with van der Waals surface area (Å²) in [5.41, 5.74) is 1.97. The third-order valence-electron chi connectivity index (χ3n) is 3.44. The summed E-state index contributed by atoms with van der Waals surface area (Å²) < 4.78 is 1.06. The molecule has 1 aliphatic heterocycles. The topological polar surface area (TPSA) is 44.4 Å². The van der Waals surface area contributed by atoms with Gasteiger partial charge in [0.05, 0.1) is 6.54 Å². The molecule has 2 atom stereocenters. The van der Waals surface area contributed by atoms with Gasteiger partial charge in [0.2, 0.25) is 5.91 Å². The van der Waals surface area contributed by atoms with Gasteiger partial charge in [-0.2, -0.15) is 0 Å². The summed E-state index contributed by atoms with van der Waals surface area (Å²) in [6.45, 7) is 8.59. The van der Waals surface area contributed by atoms with E-state index < -0.39 is 0 Å². The van der Waals surface area contributed by atoms with E-state index in [-0.39, 0.29) is 5.91 Å². The normalized spacial score (nSPS) is 23.6. The molecular formula is C15H22BrN3O. The number of carbonyl (C=O) groups excluding carboxylic acids is 1. The van der Waals surface area contributed by atoms with Gasteiger partial charge in [-0.15, -0.1) is 0 Å². The van der Waals surface area contributed by atoms with Gasteiger partial charge in [0.1, 0.15) is 0 Å². The van der Waals surface area contributed by atoms with Gasteiger partial charge in [-0.3, -0.25) is 9.69 Å². The third-order valence-corrected chi connectivity index (χ3v) is 4.33. The highest BCUT2D eigenvalue weighted by Gasteiger charge is 2.22. The van der Waals surface area contributed by atoms with Crippen molar-refractivity contribution in [3.05, 3.63) is 28.2 Å². The van der Waals surface area contributed by atoms with Crippen LogP contribution in [0.15, 0.2) is 22.7 Å². The van der Waals surface area contributed by atoms with Crippen molar-refractivity contribution < 1.29 is 4.79 Å². The zero-order valence-electron chi connectivity index (χ0n) is 12.2. The molecule has 0 bridgehead atoms. The quantitative estimate of drug-likeness (QED) is 0.888. The van der Waals surface area contributed by atoms with Crippen molar-refractivity contribution in [3.8, 4) is 0 Å². The average molecular weight is 340 g/mol. The predicted molar refractivity (Wildman–Crippen MR) is 86.0 cm³/mol. The number of benzene rings is 1. The van der Waals surface area contributed by atoms with Crippen LogP contribution in [0.2, 0.25) is 0 Å². The number of carbonyl (C=O) groups is 1. The van der Waals surface area contributed by atoms with E-state index in [0.29, 0.717) is 18.6 Å². The van der Waals surface area contributed by atoms with Gasteiger partial charge in [0.15, 0.2) is 0 Å². The second-order valence-corrected chi connectivity index (χ2v) is 6.53. The molecule has 1 aromatic carbocycles. The molecule has 1 aromatic rings. The van der Waals surface area contributed by atoms with Crippen LogP contribution in [0.25, 0.3) is 0 Å². The second kappa shape index (κ2) is 6.70. The highest BCUT2D eigenvalue weighted by molar-refractivity contribution is 9.10. The van der Waals surface area contributed by atoms with Crippen molar-refractivity contribution in [2.24, 2.45) is 0 Å². The first kappa shape index (κ1) is 15.5. The molecule has 1 fully saturated rings. The summed E-state index contributed by atoms with van der Waals surface area (Å²) in [5, 5.41) is 6.43. The first-order chi connectivity index (χ1) is 9.44. The van der Waals surface area contributed by atoms with Crippen molar-refractivity contribution in [3.63, 3.8) is 0 Å². The molecule has 2 N–H and O–H groups in total. The molecule has 0 saturated carbocycles. The molecule has 0 radical (unpaired) electrons. The number of hydrogen-bond donors (Lipinski definition) is 2. The summed E-state index contributed by atoms with van der Waals surface area (Å²) in [6, 6.07) is 6.71. The van der Waals surface area contributed by atoms with Gasteiger partial charge in [0, 0.05) is 35.3 Å². The maximum absolute atomic E-state index is 12.1. The lowest BCUT2D eigenvalue weighted by Gasteiger charge is -2.35. The lowest BCUT2D eigenvalue weighted by molar-refractivity contribution is -0.117. The van der Waals surface area contributed by atoms with Crippen LogP contribution in [0.1, 0.15) is 19.4 Å². The summed E-state index contributed by atoms with van der Waals surface area (Å²) in [6.07, 6.45) is 0. The van der Waals surface area contributed by atoms with E-state index in [9.17, 15) is 4.79 Å². The molecule has 0 aliphatic carbocycles. The van der Waals surface area contributed by atoms with Crippen molar-refractivity contribution >= 4 is 27.5 Å². The van der Waals surface area contributed by atoms with Gasteiger partial charge >= 0.3 is 0 Å². The van der Waals surface area contributed by atoms with E-state index in [2.05, 4.69) is 45.3 Å². The van der Waals surface area contributed by atoms with Crippen molar-refractivity contribution in [2.45, 2.75) is 32.9 Å². The van der Waals surface area contributed by atoms with E-state index in [0.717, 1.165) is 28.8 Å². The van der Waals surface area contributed by atoms with Crippen LogP contribution in [0.5, 0.6) is 0 Å². The van der Waals surface area contributed by atoms with Gasteiger partial charge in [0.25, 0.3) is 0 Å². The average Bonchev–Trinajstić information content (AvgIpc) is 2.32. The van der Waals surface area contributed by atoms with Gasteiger partial charge < -0.3 is 10.6 Å². The molecule has 0 aromatic heterocycles. The summed E-state index contributed by atoms with van der Waals surface area (Å²) >= 11 is 3.46. The van der Waals surface area contributed by atoms with E-state index >= 15 is 0 Å². The smallest absolute Gasteiger partial charge is 0.238 e. The number of amides is 1. The van der Waals surface area contributed by atoms with Gasteiger partial charge in [-0.05, 0) is 44.5 Å². The molecule has 110 valence electrons. The fraction of sp³-hybridized carbons (Fsp3) is 0.533. The van der Waals surface area contributed by atoms with Crippen molar-refractivity contribution in [1.29, 1.82) is 0 Å². The molecule has 2 unspecified atom stereocenters. The fourth-order valence-corrected chi connectivity index (χ4v) is 2.94.